The van der Waals surface area contributed by atoms with Crippen LogP contribution in [0.1, 0.15) is 5.56 Å². The van der Waals surface area contributed by atoms with E-state index < -0.39 is 23.9 Å². The molecule has 0 aromatic heterocycles. The summed E-state index contributed by atoms with van der Waals surface area (Å²) in [7, 11) is 0. The van der Waals surface area contributed by atoms with Crippen LogP contribution in [-0.2, 0) is 0 Å². The van der Waals surface area contributed by atoms with Crippen LogP contribution in [0.3, 0.4) is 0 Å². The molecule has 138 valence electrons. The Bertz CT molecular complexity index is 875. The first-order chi connectivity index (χ1) is 12.1. The summed E-state index contributed by atoms with van der Waals surface area (Å²) in [5.74, 6) is -4.58. The van der Waals surface area contributed by atoms with Crippen LogP contribution in [0.4, 0.5) is 28.0 Å². The van der Waals surface area contributed by atoms with E-state index in [1.807, 2.05) is 0 Å². The second-order valence-corrected chi connectivity index (χ2v) is 5.89. The Morgan fingerprint density at radius 1 is 1.12 bits per heavy atom. The molecule has 5 nitrogen and oxygen atoms in total. The fourth-order valence-electron chi connectivity index (χ4n) is 2.20. The molecule has 0 radical (unpaired) electrons. The lowest BCUT2D eigenvalue weighted by Crippen LogP contribution is -2.65. The minimum atomic E-state index is -5.12. The van der Waals surface area contributed by atoms with Crippen molar-refractivity contribution in [3.05, 3.63) is 52.8 Å². The number of amides is 2. The number of carbonyl (C=O) groups is 1. The number of aryl methyl sites for hydroxylation is 1. The van der Waals surface area contributed by atoms with Gasteiger partial charge in [-0.2, -0.15) is 13.2 Å². The van der Waals surface area contributed by atoms with Crippen LogP contribution in [0.2, 0.25) is 5.02 Å². The predicted octanol–water partition coefficient (Wildman–Crippen LogP) is 4.60. The van der Waals surface area contributed by atoms with Crippen molar-refractivity contribution in [3.63, 3.8) is 0 Å². The first-order valence-electron chi connectivity index (χ1n) is 7.19. The molecule has 26 heavy (non-hydrogen) atoms. The lowest BCUT2D eigenvalue weighted by atomic mass is 10.2. The van der Waals surface area contributed by atoms with Crippen molar-refractivity contribution in [2.45, 2.75) is 19.0 Å². The molecule has 0 spiro atoms. The fraction of sp³-hybridized carbons (Fsp3) is 0.188. The summed E-state index contributed by atoms with van der Waals surface area (Å²) in [5.41, 5.74) is 0.277. The molecule has 1 aliphatic heterocycles. The number of halogens is 5. The second-order valence-electron chi connectivity index (χ2n) is 5.45. The average molecular weight is 391 g/mol. The zero-order valence-electron chi connectivity index (χ0n) is 13.1. The van der Waals surface area contributed by atoms with Crippen LogP contribution >= 0.6 is 11.6 Å². The standard InChI is InChI=1S/C16H11ClF4N2O3/c1-8-2-4-10(7-11(8)18)22-14(24)23-16(15(19,20)21)25-12-5-3-9(17)6-13(12)26-16/h2-7H,1H3,(H2,22,23,24)/t16-/m0/s1. The van der Waals surface area contributed by atoms with Crippen molar-refractivity contribution in [2.24, 2.45) is 0 Å². The van der Waals surface area contributed by atoms with Crippen molar-refractivity contribution in [3.8, 4) is 11.5 Å². The second kappa shape index (κ2) is 6.24. The number of fused-ring (bicyclic) bond motifs is 1. The molecule has 1 aliphatic rings. The van der Waals surface area contributed by atoms with E-state index in [9.17, 15) is 22.4 Å². The van der Waals surface area contributed by atoms with Crippen LogP contribution in [-0.4, -0.2) is 18.1 Å². The van der Waals surface area contributed by atoms with Crippen LogP contribution in [0.25, 0.3) is 0 Å². The van der Waals surface area contributed by atoms with Crippen molar-refractivity contribution in [2.75, 3.05) is 5.32 Å². The number of rotatable bonds is 2. The number of urea groups is 1. The maximum absolute atomic E-state index is 13.5. The van der Waals surface area contributed by atoms with Crippen LogP contribution in [0.5, 0.6) is 11.5 Å². The molecule has 3 rings (SSSR count). The van der Waals surface area contributed by atoms with Crippen LogP contribution in [0.15, 0.2) is 36.4 Å². The minimum absolute atomic E-state index is 0.0403. The Morgan fingerprint density at radius 2 is 1.81 bits per heavy atom. The van der Waals surface area contributed by atoms with Gasteiger partial charge < -0.3 is 14.8 Å². The maximum Gasteiger partial charge on any atom is 0.492 e. The molecule has 0 aliphatic carbocycles. The SMILES string of the molecule is Cc1ccc(NC(=O)N[C@@]2(C(F)(F)F)Oc3ccc(Cl)cc3O2)cc1F. The summed E-state index contributed by atoms with van der Waals surface area (Å²) in [6.45, 7) is 1.50. The highest BCUT2D eigenvalue weighted by Gasteiger charge is 2.65. The summed E-state index contributed by atoms with van der Waals surface area (Å²) in [4.78, 5) is 12.0. The van der Waals surface area contributed by atoms with E-state index in [0.29, 0.717) is 5.56 Å². The summed E-state index contributed by atoms with van der Waals surface area (Å²) in [6.07, 6.45) is -5.12. The number of alkyl halides is 3. The minimum Gasteiger partial charge on any atom is -0.424 e. The molecule has 0 bridgehead atoms. The number of nitrogens with one attached hydrogen (secondary N) is 2. The van der Waals surface area contributed by atoms with Crippen molar-refractivity contribution >= 4 is 23.3 Å². The first kappa shape index (κ1) is 18.1. The van der Waals surface area contributed by atoms with Gasteiger partial charge in [0.1, 0.15) is 5.82 Å². The number of carbonyl (C=O) groups excluding carboxylic acids is 1. The molecule has 0 unspecified atom stereocenters. The van der Waals surface area contributed by atoms with Gasteiger partial charge in [0.05, 0.1) is 0 Å². The van der Waals surface area contributed by atoms with Gasteiger partial charge >= 0.3 is 18.1 Å². The molecular weight excluding hydrogens is 380 g/mol. The highest BCUT2D eigenvalue weighted by molar-refractivity contribution is 6.30. The number of hydrogen-bond donors (Lipinski definition) is 2. The summed E-state index contributed by atoms with van der Waals surface area (Å²) in [5, 5.41) is 3.82. The molecule has 0 saturated heterocycles. The lowest BCUT2D eigenvalue weighted by molar-refractivity contribution is -0.317. The Hall–Kier alpha value is -2.68. The van der Waals surface area contributed by atoms with Gasteiger partial charge in [0.2, 0.25) is 0 Å². The molecule has 1 atom stereocenters. The van der Waals surface area contributed by atoms with E-state index in [4.69, 9.17) is 21.1 Å². The van der Waals surface area contributed by atoms with E-state index in [1.54, 1.807) is 5.32 Å². The zero-order valence-corrected chi connectivity index (χ0v) is 13.8. The zero-order chi connectivity index (χ0) is 19.1. The van der Waals surface area contributed by atoms with Gasteiger partial charge in [0.25, 0.3) is 0 Å². The van der Waals surface area contributed by atoms with Gasteiger partial charge in [-0.05, 0) is 36.8 Å². The summed E-state index contributed by atoms with van der Waals surface area (Å²) >= 11 is 5.72. The molecular formula is C16H11ClF4N2O3. The van der Waals surface area contributed by atoms with Crippen LogP contribution in [0, 0.1) is 12.7 Å². The monoisotopic (exact) mass is 390 g/mol. The van der Waals surface area contributed by atoms with Gasteiger partial charge in [0.15, 0.2) is 11.5 Å². The fourth-order valence-corrected chi connectivity index (χ4v) is 2.36. The lowest BCUT2D eigenvalue weighted by Gasteiger charge is -2.29. The molecule has 0 fully saturated rings. The third kappa shape index (κ3) is 3.34. The molecule has 2 amide bonds. The van der Waals surface area contributed by atoms with E-state index >= 15 is 0 Å². The Balaban J connectivity index is 1.82. The molecule has 10 heteroatoms. The van der Waals surface area contributed by atoms with Crippen molar-refractivity contribution in [1.29, 1.82) is 0 Å². The van der Waals surface area contributed by atoms with Gasteiger partial charge in [-0.15, -0.1) is 0 Å². The van der Waals surface area contributed by atoms with E-state index in [1.165, 1.54) is 31.2 Å². The summed E-state index contributed by atoms with van der Waals surface area (Å²) < 4.78 is 63.7. The highest BCUT2D eigenvalue weighted by atomic mass is 35.5. The van der Waals surface area contributed by atoms with E-state index in [2.05, 4.69) is 5.32 Å². The van der Waals surface area contributed by atoms with Gasteiger partial charge in [0, 0.05) is 16.8 Å². The summed E-state index contributed by atoms with van der Waals surface area (Å²) in [6, 6.07) is 5.99. The first-order valence-corrected chi connectivity index (χ1v) is 7.57. The van der Waals surface area contributed by atoms with Gasteiger partial charge in [-0.3, -0.25) is 5.32 Å². The normalized spacial score (nSPS) is 18.5. The van der Waals surface area contributed by atoms with Crippen LogP contribution < -0.4 is 20.1 Å². The number of benzene rings is 2. The Morgan fingerprint density at radius 3 is 2.46 bits per heavy atom. The predicted molar refractivity (Wildman–Crippen MR) is 84.8 cm³/mol. The number of ether oxygens (including phenoxy) is 2. The smallest absolute Gasteiger partial charge is 0.424 e. The average Bonchev–Trinajstić information content (AvgIpc) is 2.89. The molecule has 2 N–H and O–H groups in total. The topological polar surface area (TPSA) is 59.6 Å². The quantitative estimate of drug-likeness (QED) is 0.737. The molecule has 2 aromatic rings. The molecule has 0 saturated carbocycles. The van der Waals surface area contributed by atoms with E-state index in [0.717, 1.165) is 12.1 Å². The number of anilines is 1. The van der Waals surface area contributed by atoms with Crippen molar-refractivity contribution in [1.82, 2.24) is 5.32 Å². The molecule has 2 aromatic carbocycles. The highest BCUT2D eigenvalue weighted by Crippen LogP contribution is 2.46. The Kier molecular flexibility index (Phi) is 4.35. The van der Waals surface area contributed by atoms with Crippen molar-refractivity contribution < 1.29 is 31.8 Å². The third-order valence-corrected chi connectivity index (χ3v) is 3.73. The number of hydrogen-bond acceptors (Lipinski definition) is 3. The van der Waals surface area contributed by atoms with Gasteiger partial charge in [-0.1, -0.05) is 17.7 Å². The third-order valence-electron chi connectivity index (χ3n) is 3.49. The van der Waals surface area contributed by atoms with E-state index in [-0.39, 0.29) is 22.2 Å². The van der Waals surface area contributed by atoms with Gasteiger partial charge in [-0.25, -0.2) is 9.18 Å². The molecule has 1 heterocycles. The Labute approximate surface area is 149 Å². The maximum atomic E-state index is 13.5. The largest absolute Gasteiger partial charge is 0.492 e.